The second-order valence-corrected chi connectivity index (χ2v) is 5.78. The molecule has 0 atom stereocenters. The number of rotatable bonds is 4. The van der Waals surface area contributed by atoms with E-state index in [4.69, 9.17) is 5.73 Å². The van der Waals surface area contributed by atoms with Crippen molar-refractivity contribution in [2.75, 3.05) is 23.8 Å². The molecule has 2 aromatic rings. The number of pyridine rings is 1. The normalized spacial score (nSPS) is 16.2. The van der Waals surface area contributed by atoms with Crippen LogP contribution in [0.2, 0.25) is 0 Å². The zero-order chi connectivity index (χ0) is 14.7. The van der Waals surface area contributed by atoms with Crippen LogP contribution in [-0.2, 0) is 0 Å². The lowest BCUT2D eigenvalue weighted by molar-refractivity contribution is 0.290. The van der Waals surface area contributed by atoms with E-state index in [1.165, 1.54) is 32.1 Å². The number of nitrogens with two attached hydrogens (primary N) is 1. The Hall–Kier alpha value is -1.81. The molecule has 3 N–H and O–H groups in total. The third-order valence-corrected chi connectivity index (χ3v) is 4.45. The molecule has 4 nitrogen and oxygen atoms in total. The Bertz CT molecular complexity index is 608. The van der Waals surface area contributed by atoms with Gasteiger partial charge in [0, 0.05) is 29.9 Å². The van der Waals surface area contributed by atoms with Gasteiger partial charge in [0.25, 0.3) is 0 Å². The minimum absolute atomic E-state index is 0.169. The molecule has 1 saturated carbocycles. The van der Waals surface area contributed by atoms with Crippen LogP contribution < -0.4 is 10.6 Å². The Morgan fingerprint density at radius 1 is 1.19 bits per heavy atom. The summed E-state index contributed by atoms with van der Waals surface area (Å²) in [6.45, 7) is 0.835. The van der Waals surface area contributed by atoms with Gasteiger partial charge < -0.3 is 15.7 Å². The van der Waals surface area contributed by atoms with Crippen LogP contribution in [0.4, 0.5) is 11.4 Å². The zero-order valence-electron chi connectivity index (χ0n) is 12.3. The number of hydrogen-bond donors (Lipinski definition) is 2. The third-order valence-electron chi connectivity index (χ3n) is 4.45. The lowest BCUT2D eigenvalue weighted by Gasteiger charge is -2.36. The van der Waals surface area contributed by atoms with Crippen LogP contribution in [-0.4, -0.2) is 29.3 Å². The maximum absolute atomic E-state index is 9.47. The molecule has 4 heteroatoms. The molecule has 21 heavy (non-hydrogen) atoms. The fourth-order valence-corrected chi connectivity index (χ4v) is 3.43. The van der Waals surface area contributed by atoms with Gasteiger partial charge in [-0.1, -0.05) is 31.4 Å². The lowest BCUT2D eigenvalue weighted by atomic mass is 9.93. The van der Waals surface area contributed by atoms with Gasteiger partial charge in [-0.3, -0.25) is 4.98 Å². The van der Waals surface area contributed by atoms with Gasteiger partial charge in [0.1, 0.15) is 0 Å². The first-order chi connectivity index (χ1) is 10.3. The molecular weight excluding hydrogens is 262 g/mol. The molecule has 1 fully saturated rings. The molecule has 0 bridgehead atoms. The minimum atomic E-state index is 0.169. The van der Waals surface area contributed by atoms with Gasteiger partial charge in [-0.25, -0.2) is 0 Å². The summed E-state index contributed by atoms with van der Waals surface area (Å²) in [7, 11) is 0. The zero-order valence-corrected chi connectivity index (χ0v) is 12.3. The van der Waals surface area contributed by atoms with Crippen molar-refractivity contribution in [2.24, 2.45) is 0 Å². The Morgan fingerprint density at radius 2 is 2.00 bits per heavy atom. The number of aromatic nitrogens is 1. The van der Waals surface area contributed by atoms with Crippen molar-refractivity contribution in [1.82, 2.24) is 4.98 Å². The van der Waals surface area contributed by atoms with E-state index in [-0.39, 0.29) is 6.61 Å². The predicted octanol–water partition coefficient (Wildman–Crippen LogP) is 2.95. The monoisotopic (exact) mass is 285 g/mol. The van der Waals surface area contributed by atoms with E-state index >= 15 is 0 Å². The highest BCUT2D eigenvalue weighted by molar-refractivity contribution is 5.98. The maximum atomic E-state index is 9.47. The Labute approximate surface area is 125 Å². The summed E-state index contributed by atoms with van der Waals surface area (Å²) < 4.78 is 0. The molecule has 1 aliphatic rings. The number of benzene rings is 1. The maximum Gasteiger partial charge on any atom is 0.0951 e. The first kappa shape index (κ1) is 14.1. The van der Waals surface area contributed by atoms with Crippen molar-refractivity contribution >= 4 is 22.3 Å². The predicted molar refractivity (Wildman–Crippen MR) is 87.5 cm³/mol. The molecule has 0 spiro atoms. The van der Waals surface area contributed by atoms with Gasteiger partial charge in [-0.05, 0) is 25.0 Å². The van der Waals surface area contributed by atoms with E-state index in [0.717, 1.165) is 16.6 Å². The van der Waals surface area contributed by atoms with Crippen molar-refractivity contribution in [1.29, 1.82) is 0 Å². The number of nitrogen functional groups attached to an aromatic ring is 1. The molecule has 0 saturated heterocycles. The van der Waals surface area contributed by atoms with Crippen LogP contribution in [0.3, 0.4) is 0 Å². The highest BCUT2D eigenvalue weighted by Crippen LogP contribution is 2.33. The Balaban J connectivity index is 2.04. The quantitative estimate of drug-likeness (QED) is 0.848. The average molecular weight is 285 g/mol. The largest absolute Gasteiger partial charge is 0.397 e. The summed E-state index contributed by atoms with van der Waals surface area (Å²) >= 11 is 0. The van der Waals surface area contributed by atoms with Crippen LogP contribution in [0.15, 0.2) is 30.5 Å². The molecule has 1 aliphatic carbocycles. The van der Waals surface area contributed by atoms with E-state index < -0.39 is 0 Å². The Kier molecular flexibility index (Phi) is 4.25. The number of fused-ring (bicyclic) bond motifs is 1. The van der Waals surface area contributed by atoms with Gasteiger partial charge in [0.05, 0.1) is 17.8 Å². The van der Waals surface area contributed by atoms with Crippen LogP contribution in [0.5, 0.6) is 0 Å². The fraction of sp³-hybridized carbons (Fsp3) is 0.471. The minimum Gasteiger partial charge on any atom is -0.397 e. The molecule has 0 aliphatic heterocycles. The van der Waals surface area contributed by atoms with Crippen LogP contribution in [0.25, 0.3) is 10.9 Å². The number of hydrogen-bond acceptors (Lipinski definition) is 4. The van der Waals surface area contributed by atoms with Crippen LogP contribution >= 0.6 is 0 Å². The smallest absolute Gasteiger partial charge is 0.0951 e. The van der Waals surface area contributed by atoms with Crippen LogP contribution in [0.1, 0.15) is 32.1 Å². The molecule has 1 aromatic carbocycles. The molecule has 1 heterocycles. The highest BCUT2D eigenvalue weighted by Gasteiger charge is 2.22. The van der Waals surface area contributed by atoms with E-state index in [1.807, 2.05) is 24.4 Å². The molecular formula is C17H23N3O. The van der Waals surface area contributed by atoms with Gasteiger partial charge >= 0.3 is 0 Å². The highest BCUT2D eigenvalue weighted by atomic mass is 16.3. The SMILES string of the molecule is Nc1cccc2c(N(CCO)C3CCCCC3)ccnc12. The molecule has 0 unspecified atom stereocenters. The molecule has 0 radical (unpaired) electrons. The summed E-state index contributed by atoms with van der Waals surface area (Å²) in [4.78, 5) is 6.76. The number of para-hydroxylation sites is 1. The third kappa shape index (κ3) is 2.81. The first-order valence-corrected chi connectivity index (χ1v) is 7.82. The Morgan fingerprint density at radius 3 is 2.76 bits per heavy atom. The fourth-order valence-electron chi connectivity index (χ4n) is 3.43. The van der Waals surface area contributed by atoms with Crippen molar-refractivity contribution in [3.63, 3.8) is 0 Å². The lowest BCUT2D eigenvalue weighted by Crippen LogP contribution is -2.39. The molecule has 3 rings (SSSR count). The van der Waals surface area contributed by atoms with Gasteiger partial charge in [0.15, 0.2) is 0 Å². The second-order valence-electron chi connectivity index (χ2n) is 5.78. The van der Waals surface area contributed by atoms with Crippen molar-refractivity contribution in [3.05, 3.63) is 30.5 Å². The van der Waals surface area contributed by atoms with E-state index in [9.17, 15) is 5.11 Å². The average Bonchev–Trinajstić information content (AvgIpc) is 2.54. The van der Waals surface area contributed by atoms with Gasteiger partial charge in [-0.15, -0.1) is 0 Å². The number of aliphatic hydroxyl groups excluding tert-OH is 1. The molecule has 0 amide bonds. The van der Waals surface area contributed by atoms with Crippen molar-refractivity contribution in [3.8, 4) is 0 Å². The van der Waals surface area contributed by atoms with Gasteiger partial charge in [-0.2, -0.15) is 0 Å². The van der Waals surface area contributed by atoms with E-state index in [0.29, 0.717) is 18.3 Å². The standard InChI is InChI=1S/C17H23N3O/c18-15-8-4-7-14-16(9-10-19-17(14)15)20(11-12-21)13-5-2-1-3-6-13/h4,7-10,13,21H,1-3,5-6,11-12,18H2. The molecule has 1 aromatic heterocycles. The summed E-state index contributed by atoms with van der Waals surface area (Å²) in [6, 6.07) is 8.49. The van der Waals surface area contributed by atoms with Crippen molar-refractivity contribution < 1.29 is 5.11 Å². The number of aliphatic hydroxyl groups is 1. The van der Waals surface area contributed by atoms with Gasteiger partial charge in [0.2, 0.25) is 0 Å². The summed E-state index contributed by atoms with van der Waals surface area (Å²) in [5, 5.41) is 10.6. The number of nitrogens with zero attached hydrogens (tertiary/aromatic N) is 2. The van der Waals surface area contributed by atoms with Crippen LogP contribution in [0, 0.1) is 0 Å². The summed E-state index contributed by atoms with van der Waals surface area (Å²) in [5.41, 5.74) is 8.76. The topological polar surface area (TPSA) is 62.4 Å². The first-order valence-electron chi connectivity index (χ1n) is 7.82. The van der Waals surface area contributed by atoms with Crippen molar-refractivity contribution in [2.45, 2.75) is 38.1 Å². The summed E-state index contributed by atoms with van der Waals surface area (Å²) in [5.74, 6) is 0. The second kappa shape index (κ2) is 6.31. The van der Waals surface area contributed by atoms with E-state index in [1.54, 1.807) is 0 Å². The number of anilines is 2. The van der Waals surface area contributed by atoms with E-state index in [2.05, 4.69) is 16.0 Å². The summed E-state index contributed by atoms with van der Waals surface area (Å²) in [6.07, 6.45) is 8.10. The molecule has 112 valence electrons.